The van der Waals surface area contributed by atoms with Gasteiger partial charge in [-0.25, -0.2) is 0 Å². The van der Waals surface area contributed by atoms with E-state index >= 15 is 0 Å². The van der Waals surface area contributed by atoms with Crippen molar-refractivity contribution in [2.24, 2.45) is 5.92 Å². The Balaban J connectivity index is 2.72. The molecule has 0 unspecified atom stereocenters. The maximum atomic E-state index is 11.9. The van der Waals surface area contributed by atoms with E-state index in [0.29, 0.717) is 25.4 Å². The van der Waals surface area contributed by atoms with Crippen molar-refractivity contribution in [1.29, 1.82) is 0 Å². The lowest BCUT2D eigenvalue weighted by Gasteiger charge is -2.24. The molecule has 0 saturated carbocycles. The highest BCUT2D eigenvalue weighted by Crippen LogP contribution is 2.27. The number of hydrogen-bond acceptors (Lipinski definition) is 3. The summed E-state index contributed by atoms with van der Waals surface area (Å²) in [4.78, 5) is 13.7. The van der Waals surface area contributed by atoms with Crippen molar-refractivity contribution in [3.8, 4) is 0 Å². The van der Waals surface area contributed by atoms with Crippen molar-refractivity contribution >= 4 is 11.6 Å². The van der Waals surface area contributed by atoms with Gasteiger partial charge in [-0.15, -0.1) is 0 Å². The molecule has 1 rings (SSSR count). The van der Waals surface area contributed by atoms with Gasteiger partial charge in [0, 0.05) is 24.8 Å². The number of aliphatic hydroxyl groups is 1. The summed E-state index contributed by atoms with van der Waals surface area (Å²) in [6, 6.07) is 7.67. The van der Waals surface area contributed by atoms with Crippen molar-refractivity contribution < 1.29 is 9.90 Å². The zero-order valence-electron chi connectivity index (χ0n) is 12.9. The summed E-state index contributed by atoms with van der Waals surface area (Å²) in [6.45, 7) is 7.05. The van der Waals surface area contributed by atoms with Crippen LogP contribution in [0.2, 0.25) is 0 Å². The Kier molecular flexibility index (Phi) is 6.52. The van der Waals surface area contributed by atoms with Crippen LogP contribution in [-0.4, -0.2) is 31.2 Å². The molecule has 0 aliphatic heterocycles. The molecule has 0 heterocycles. The lowest BCUT2D eigenvalue weighted by molar-refractivity contribution is -0.119. The summed E-state index contributed by atoms with van der Waals surface area (Å²) >= 11 is 0. The summed E-state index contributed by atoms with van der Waals surface area (Å²) in [5.41, 5.74) is 1.77. The first-order valence-corrected chi connectivity index (χ1v) is 7.20. The van der Waals surface area contributed by atoms with Crippen LogP contribution >= 0.6 is 0 Å². The summed E-state index contributed by atoms with van der Waals surface area (Å²) in [6.07, 6.45) is 0.164. The Morgan fingerprint density at radius 1 is 1.35 bits per heavy atom. The first-order valence-electron chi connectivity index (χ1n) is 7.20. The molecule has 0 spiro atoms. The SMILES string of the molecule is CC[C@H](O)c1ccccc1N(C)CC(=O)NCC(C)C. The number of likely N-dealkylation sites (N-methyl/N-ethyl adjacent to an activating group) is 1. The van der Waals surface area contributed by atoms with Crippen LogP contribution in [0.25, 0.3) is 0 Å². The zero-order chi connectivity index (χ0) is 15.1. The fourth-order valence-corrected chi connectivity index (χ4v) is 2.01. The maximum absolute atomic E-state index is 11.9. The van der Waals surface area contributed by atoms with Crippen molar-refractivity contribution in [3.63, 3.8) is 0 Å². The maximum Gasteiger partial charge on any atom is 0.239 e. The van der Waals surface area contributed by atoms with Crippen LogP contribution in [0.5, 0.6) is 0 Å². The second-order valence-corrected chi connectivity index (χ2v) is 5.54. The van der Waals surface area contributed by atoms with Crippen LogP contribution in [0, 0.1) is 5.92 Å². The normalized spacial score (nSPS) is 12.3. The molecule has 0 aliphatic rings. The van der Waals surface area contributed by atoms with Gasteiger partial charge in [-0.05, 0) is 18.4 Å². The smallest absolute Gasteiger partial charge is 0.239 e. The number of aliphatic hydroxyl groups excluding tert-OH is 1. The van der Waals surface area contributed by atoms with Crippen LogP contribution in [-0.2, 0) is 4.79 Å². The quantitative estimate of drug-likeness (QED) is 0.805. The van der Waals surface area contributed by atoms with Crippen molar-refractivity contribution in [2.45, 2.75) is 33.3 Å². The largest absolute Gasteiger partial charge is 0.388 e. The molecule has 0 bridgehead atoms. The fourth-order valence-electron chi connectivity index (χ4n) is 2.01. The molecule has 0 fully saturated rings. The molecular formula is C16H26N2O2. The Labute approximate surface area is 121 Å². The van der Waals surface area contributed by atoms with E-state index in [0.717, 1.165) is 11.3 Å². The van der Waals surface area contributed by atoms with Gasteiger partial charge in [0.15, 0.2) is 0 Å². The number of carbonyl (C=O) groups excluding carboxylic acids is 1. The monoisotopic (exact) mass is 278 g/mol. The molecule has 0 saturated heterocycles. The van der Waals surface area contributed by atoms with E-state index in [1.807, 2.05) is 43.1 Å². The van der Waals surface area contributed by atoms with Gasteiger partial charge in [0.2, 0.25) is 5.91 Å². The number of amides is 1. The topological polar surface area (TPSA) is 52.6 Å². The third kappa shape index (κ3) is 4.85. The van der Waals surface area contributed by atoms with E-state index in [1.165, 1.54) is 0 Å². The highest BCUT2D eigenvalue weighted by molar-refractivity contribution is 5.81. The molecule has 1 aromatic carbocycles. The van der Waals surface area contributed by atoms with Crippen molar-refractivity contribution in [3.05, 3.63) is 29.8 Å². The number of rotatable bonds is 7. The van der Waals surface area contributed by atoms with Gasteiger partial charge in [-0.3, -0.25) is 4.79 Å². The Hall–Kier alpha value is -1.55. The van der Waals surface area contributed by atoms with Crippen LogP contribution in [0.15, 0.2) is 24.3 Å². The Morgan fingerprint density at radius 3 is 2.60 bits per heavy atom. The van der Waals surface area contributed by atoms with E-state index in [1.54, 1.807) is 0 Å². The standard InChI is InChI=1S/C16H26N2O2/c1-5-15(19)13-8-6-7-9-14(13)18(4)11-16(20)17-10-12(2)3/h6-9,12,15,19H,5,10-11H2,1-4H3,(H,17,20)/t15-/m0/s1. The highest BCUT2D eigenvalue weighted by Gasteiger charge is 2.15. The second kappa shape index (κ2) is 7.90. The number of benzene rings is 1. The summed E-state index contributed by atoms with van der Waals surface area (Å²) < 4.78 is 0. The molecule has 1 aromatic rings. The molecule has 0 aromatic heterocycles. The summed E-state index contributed by atoms with van der Waals surface area (Å²) in [5.74, 6) is 0.445. The zero-order valence-corrected chi connectivity index (χ0v) is 12.9. The van der Waals surface area contributed by atoms with E-state index in [9.17, 15) is 9.90 Å². The van der Waals surface area contributed by atoms with Crippen LogP contribution < -0.4 is 10.2 Å². The third-order valence-electron chi connectivity index (χ3n) is 3.18. The molecular weight excluding hydrogens is 252 g/mol. The van der Waals surface area contributed by atoms with Gasteiger partial charge >= 0.3 is 0 Å². The number of nitrogens with one attached hydrogen (secondary N) is 1. The molecule has 0 aliphatic carbocycles. The van der Waals surface area contributed by atoms with Gasteiger partial charge < -0.3 is 15.3 Å². The van der Waals surface area contributed by atoms with Crippen LogP contribution in [0.4, 0.5) is 5.69 Å². The highest BCUT2D eigenvalue weighted by atomic mass is 16.3. The average Bonchev–Trinajstić information content (AvgIpc) is 2.44. The van der Waals surface area contributed by atoms with Crippen molar-refractivity contribution in [2.75, 3.05) is 25.0 Å². The number of para-hydroxylation sites is 1. The molecule has 1 atom stereocenters. The predicted molar refractivity (Wildman–Crippen MR) is 82.8 cm³/mol. The number of nitrogens with zero attached hydrogens (tertiary/aromatic N) is 1. The van der Waals surface area contributed by atoms with E-state index < -0.39 is 6.10 Å². The molecule has 20 heavy (non-hydrogen) atoms. The molecule has 112 valence electrons. The number of hydrogen-bond donors (Lipinski definition) is 2. The predicted octanol–water partition coefficient (Wildman–Crippen LogP) is 2.34. The van der Waals surface area contributed by atoms with E-state index in [2.05, 4.69) is 19.2 Å². The van der Waals surface area contributed by atoms with Gasteiger partial charge in [0.05, 0.1) is 12.6 Å². The molecule has 1 amide bonds. The minimum Gasteiger partial charge on any atom is -0.388 e. The number of anilines is 1. The second-order valence-electron chi connectivity index (χ2n) is 5.54. The minimum absolute atomic E-state index is 0.00184. The molecule has 2 N–H and O–H groups in total. The Bertz CT molecular complexity index is 432. The first kappa shape index (κ1) is 16.5. The average molecular weight is 278 g/mol. The summed E-state index contributed by atoms with van der Waals surface area (Å²) in [7, 11) is 1.87. The lowest BCUT2D eigenvalue weighted by Crippen LogP contribution is -2.37. The lowest BCUT2D eigenvalue weighted by atomic mass is 10.0. The minimum atomic E-state index is -0.493. The van der Waals surface area contributed by atoms with Crippen molar-refractivity contribution in [1.82, 2.24) is 5.32 Å². The van der Waals surface area contributed by atoms with Gasteiger partial charge in [-0.2, -0.15) is 0 Å². The van der Waals surface area contributed by atoms with Gasteiger partial charge in [0.25, 0.3) is 0 Å². The summed E-state index contributed by atoms with van der Waals surface area (Å²) in [5, 5.41) is 12.9. The molecule has 4 nitrogen and oxygen atoms in total. The van der Waals surface area contributed by atoms with Crippen LogP contribution in [0.1, 0.15) is 38.9 Å². The molecule has 4 heteroatoms. The van der Waals surface area contributed by atoms with Crippen LogP contribution in [0.3, 0.4) is 0 Å². The third-order valence-corrected chi connectivity index (χ3v) is 3.18. The fraction of sp³-hybridized carbons (Fsp3) is 0.562. The molecule has 0 radical (unpaired) electrons. The van der Waals surface area contributed by atoms with Gasteiger partial charge in [-0.1, -0.05) is 39.0 Å². The number of carbonyl (C=O) groups is 1. The van der Waals surface area contributed by atoms with E-state index in [4.69, 9.17) is 0 Å². The Morgan fingerprint density at radius 2 is 2.00 bits per heavy atom. The van der Waals surface area contributed by atoms with E-state index in [-0.39, 0.29) is 5.91 Å². The van der Waals surface area contributed by atoms with Gasteiger partial charge in [0.1, 0.15) is 0 Å². The first-order chi connectivity index (χ1) is 9.45.